The lowest BCUT2D eigenvalue weighted by atomic mass is 9.28. The van der Waals surface area contributed by atoms with Crippen molar-refractivity contribution in [1.82, 2.24) is 0 Å². The number of hydrogen-bond donors (Lipinski definition) is 0. The summed E-state index contributed by atoms with van der Waals surface area (Å²) >= 11 is 0. The first-order valence-corrected chi connectivity index (χ1v) is 2.37. The summed E-state index contributed by atoms with van der Waals surface area (Å²) in [5.41, 5.74) is 0. The van der Waals surface area contributed by atoms with Crippen molar-refractivity contribution in [3.8, 4) is 0 Å². The quantitative estimate of drug-likeness (QED) is 0.312. The first-order valence-electron chi connectivity index (χ1n) is 2.37. The van der Waals surface area contributed by atoms with E-state index in [-0.39, 0.29) is 6.47 Å². The van der Waals surface area contributed by atoms with Gasteiger partial charge in [-0.3, -0.25) is 4.79 Å². The summed E-state index contributed by atoms with van der Waals surface area (Å²) < 4.78 is 4.09. The summed E-state index contributed by atoms with van der Waals surface area (Å²) in [5, 5.41) is -4.00. The molecule has 0 amide bonds. The van der Waals surface area contributed by atoms with Crippen LogP contribution in [0.3, 0.4) is 0 Å². The van der Waals surface area contributed by atoms with Crippen LogP contribution >= 0.6 is 0 Å². The first kappa shape index (κ1) is 9.79. The van der Waals surface area contributed by atoms with Crippen LogP contribution in [0.4, 0.5) is 0 Å². The molecule has 0 aliphatic carbocycles. The van der Waals surface area contributed by atoms with Crippen LogP contribution in [0.25, 0.3) is 0 Å². The molecule has 7 heteroatoms. The average Bonchev–Trinajstić information content (AvgIpc) is 1.61. The molecule has 0 fully saturated rings. The van der Waals surface area contributed by atoms with E-state index in [1.54, 1.807) is 0 Å². The van der Waals surface area contributed by atoms with Gasteiger partial charge in [-0.15, -0.1) is 5.11 Å². The Morgan fingerprint density at radius 1 is 1.10 bits per heavy atom. The second-order valence-corrected chi connectivity index (χ2v) is 1.94. The standard InChI is InChI=1S/C3HB5O2/c4-2(5,6)3(7,8)10-1-9/h1H. The fraction of sp³-hybridized carbons (Fsp3) is 0.667. The molecule has 10 radical (unpaired) electrons. The Morgan fingerprint density at radius 3 is 1.60 bits per heavy atom. The zero-order chi connectivity index (χ0) is 8.41. The average molecular weight is 123 g/mol. The van der Waals surface area contributed by atoms with Gasteiger partial charge in [-0.05, 0) is 0 Å². The highest BCUT2D eigenvalue weighted by molar-refractivity contribution is 6.66. The molecule has 10 heavy (non-hydrogen) atoms. The number of carbonyl (C=O) groups excluding carboxylic acids is 1. The van der Waals surface area contributed by atoms with Gasteiger partial charge in [0.1, 0.15) is 15.7 Å². The molecular formula is C3HB5O2. The lowest BCUT2D eigenvalue weighted by Crippen LogP contribution is -2.48. The molecular weight excluding hydrogens is 122 g/mol. The van der Waals surface area contributed by atoms with Crippen molar-refractivity contribution in [2.75, 3.05) is 0 Å². The molecule has 0 aliphatic rings. The molecule has 40 valence electrons. The molecule has 0 aromatic carbocycles. The number of carbonyl (C=O) groups is 1. The van der Waals surface area contributed by atoms with Gasteiger partial charge < -0.3 is 4.74 Å². The van der Waals surface area contributed by atoms with Crippen LogP contribution < -0.4 is 0 Å². The minimum atomic E-state index is -2.05. The number of hydrogen-bond acceptors (Lipinski definition) is 2. The fourth-order valence-electron chi connectivity index (χ4n) is 0.182. The van der Waals surface area contributed by atoms with E-state index in [0.29, 0.717) is 0 Å². The maximum Gasteiger partial charge on any atom is 0.292 e. The number of ether oxygens (including phenoxy) is 1. The summed E-state index contributed by atoms with van der Waals surface area (Å²) in [6.07, 6.45) is 0. The van der Waals surface area contributed by atoms with E-state index in [0.717, 1.165) is 0 Å². The van der Waals surface area contributed by atoms with Gasteiger partial charge in [0.2, 0.25) is 0 Å². The first-order chi connectivity index (χ1) is 4.31. The molecule has 0 aliphatic heterocycles. The zero-order valence-electron chi connectivity index (χ0n) is 5.28. The molecule has 0 saturated heterocycles. The maximum atomic E-state index is 9.72. The van der Waals surface area contributed by atoms with Gasteiger partial charge in [-0.1, -0.05) is 0 Å². The minimum Gasteiger partial charge on any atom is -0.483 e. The predicted molar refractivity (Wildman–Crippen MR) is 41.3 cm³/mol. The van der Waals surface area contributed by atoms with Gasteiger partial charge in [-0.25, -0.2) is 0 Å². The van der Waals surface area contributed by atoms with Gasteiger partial charge in [-0.2, -0.15) is 0 Å². The van der Waals surface area contributed by atoms with Gasteiger partial charge in [0.25, 0.3) is 6.47 Å². The predicted octanol–water partition coefficient (Wildman–Crippen LogP) is -2.27. The van der Waals surface area contributed by atoms with Crippen LogP contribution in [0.15, 0.2) is 0 Å². The van der Waals surface area contributed by atoms with Crippen molar-refractivity contribution in [2.45, 2.75) is 10.5 Å². The topological polar surface area (TPSA) is 26.3 Å². The Balaban J connectivity index is 4.23. The molecule has 0 atom stereocenters. The van der Waals surface area contributed by atoms with E-state index in [9.17, 15) is 4.79 Å². The third-order valence-electron chi connectivity index (χ3n) is 0.920. The van der Waals surface area contributed by atoms with Gasteiger partial charge in [0.05, 0.1) is 23.5 Å². The Labute approximate surface area is 66.5 Å². The summed E-state index contributed by atoms with van der Waals surface area (Å²) in [5.74, 6) is 0. The van der Waals surface area contributed by atoms with Gasteiger partial charge >= 0.3 is 0 Å². The highest BCUT2D eigenvalue weighted by Gasteiger charge is 2.31. The van der Waals surface area contributed by atoms with Crippen molar-refractivity contribution in [3.05, 3.63) is 0 Å². The summed E-state index contributed by atoms with van der Waals surface area (Å²) in [6.45, 7) is 0.0152. The highest BCUT2D eigenvalue weighted by Crippen LogP contribution is 2.24. The molecule has 0 rings (SSSR count). The third kappa shape index (κ3) is 2.20. The largest absolute Gasteiger partial charge is 0.483 e. The van der Waals surface area contributed by atoms with E-state index in [4.69, 9.17) is 39.2 Å². The third-order valence-corrected chi connectivity index (χ3v) is 0.920. The molecule has 0 heterocycles. The molecule has 0 aromatic heterocycles. The molecule has 0 bridgehead atoms. The Hall–Kier alpha value is -0.205. The smallest absolute Gasteiger partial charge is 0.292 e. The molecule has 0 spiro atoms. The minimum absolute atomic E-state index is 0.0152. The van der Waals surface area contributed by atoms with E-state index in [2.05, 4.69) is 4.74 Å². The van der Waals surface area contributed by atoms with Crippen molar-refractivity contribution in [3.63, 3.8) is 0 Å². The van der Waals surface area contributed by atoms with Crippen LogP contribution in [-0.2, 0) is 9.53 Å². The van der Waals surface area contributed by atoms with Gasteiger partial charge in [0, 0.05) is 5.40 Å². The van der Waals surface area contributed by atoms with Gasteiger partial charge in [0.15, 0.2) is 0 Å². The van der Waals surface area contributed by atoms with E-state index < -0.39 is 10.5 Å². The molecule has 0 saturated carbocycles. The fourth-order valence-corrected chi connectivity index (χ4v) is 0.182. The number of rotatable bonds is 3. The van der Waals surface area contributed by atoms with Crippen LogP contribution in [0.2, 0.25) is 5.11 Å². The van der Waals surface area contributed by atoms with Crippen LogP contribution in [0.1, 0.15) is 0 Å². The zero-order valence-corrected chi connectivity index (χ0v) is 5.28. The normalized spacial score (nSPS) is 12.4. The second-order valence-electron chi connectivity index (χ2n) is 1.94. The summed E-state index contributed by atoms with van der Waals surface area (Å²) in [7, 11) is 25.2. The van der Waals surface area contributed by atoms with Crippen molar-refractivity contribution < 1.29 is 9.53 Å². The SMILES string of the molecule is [B]C([B])([B])C([B])([B])OC=O. The lowest BCUT2D eigenvalue weighted by Gasteiger charge is -2.39. The Kier molecular flexibility index (Phi) is 2.75. The van der Waals surface area contributed by atoms with Crippen molar-refractivity contribution >= 4 is 45.7 Å². The monoisotopic (exact) mass is 124 g/mol. The molecule has 0 N–H and O–H groups in total. The molecule has 0 unspecified atom stereocenters. The highest BCUT2D eigenvalue weighted by atomic mass is 16.5. The Bertz CT molecular complexity index is 127. The summed E-state index contributed by atoms with van der Waals surface area (Å²) in [6, 6.07) is 0. The lowest BCUT2D eigenvalue weighted by molar-refractivity contribution is -0.132. The van der Waals surface area contributed by atoms with Crippen LogP contribution in [0.5, 0.6) is 0 Å². The van der Waals surface area contributed by atoms with E-state index >= 15 is 0 Å². The van der Waals surface area contributed by atoms with Crippen LogP contribution in [-0.4, -0.2) is 51.1 Å². The maximum absolute atomic E-state index is 9.72. The van der Waals surface area contributed by atoms with E-state index in [1.165, 1.54) is 0 Å². The van der Waals surface area contributed by atoms with Crippen LogP contribution in [0, 0.1) is 0 Å². The molecule has 0 aromatic rings. The second kappa shape index (κ2) is 2.81. The summed E-state index contributed by atoms with van der Waals surface area (Å²) in [4.78, 5) is 9.72. The van der Waals surface area contributed by atoms with E-state index in [1.807, 2.05) is 0 Å². The van der Waals surface area contributed by atoms with Crippen molar-refractivity contribution in [1.29, 1.82) is 0 Å². The molecule has 2 nitrogen and oxygen atoms in total. The van der Waals surface area contributed by atoms with Crippen molar-refractivity contribution in [2.24, 2.45) is 0 Å². The Morgan fingerprint density at radius 2 is 1.50 bits per heavy atom.